The highest BCUT2D eigenvalue weighted by atomic mass is 19.1. The van der Waals surface area contributed by atoms with Crippen LogP contribution in [0.4, 0.5) is 10.1 Å². The topological polar surface area (TPSA) is 45.6 Å². The van der Waals surface area contributed by atoms with Crippen molar-refractivity contribution in [3.05, 3.63) is 23.8 Å². The van der Waals surface area contributed by atoms with Gasteiger partial charge < -0.3 is 14.7 Å². The number of hydrogen-bond donors (Lipinski definition) is 1. The van der Waals surface area contributed by atoms with Crippen LogP contribution in [0.25, 0.3) is 0 Å². The van der Waals surface area contributed by atoms with E-state index in [9.17, 15) is 4.39 Å². The molecule has 2 rings (SSSR count). The summed E-state index contributed by atoms with van der Waals surface area (Å²) in [4.78, 5) is 5.67. The zero-order chi connectivity index (χ0) is 10.7. The van der Waals surface area contributed by atoms with Crippen LogP contribution < -0.4 is 4.90 Å². The summed E-state index contributed by atoms with van der Waals surface area (Å²) in [6, 6.07) is 1.62. The van der Waals surface area contributed by atoms with E-state index in [0.29, 0.717) is 32.0 Å². The lowest BCUT2D eigenvalue weighted by atomic mass is 10.2. The molecule has 0 unspecified atom stereocenters. The first-order valence-electron chi connectivity index (χ1n) is 4.90. The minimum Gasteiger partial charge on any atom is -0.390 e. The van der Waals surface area contributed by atoms with Gasteiger partial charge in [0.05, 0.1) is 25.5 Å². The molecule has 82 valence electrons. The first-order valence-corrected chi connectivity index (χ1v) is 4.90. The first-order chi connectivity index (χ1) is 7.33. The number of morpholine rings is 1. The molecule has 1 aliphatic rings. The van der Waals surface area contributed by atoms with E-state index in [-0.39, 0.29) is 12.3 Å². The number of pyridine rings is 1. The second-order valence-electron chi connectivity index (χ2n) is 3.35. The van der Waals surface area contributed by atoms with Crippen LogP contribution in [0.2, 0.25) is 0 Å². The molecule has 15 heavy (non-hydrogen) atoms. The van der Waals surface area contributed by atoms with Crippen molar-refractivity contribution in [1.82, 2.24) is 4.98 Å². The summed E-state index contributed by atoms with van der Waals surface area (Å²) in [6.07, 6.45) is 1.51. The van der Waals surface area contributed by atoms with Gasteiger partial charge >= 0.3 is 0 Å². The monoisotopic (exact) mass is 212 g/mol. The molecule has 4 nitrogen and oxygen atoms in total. The van der Waals surface area contributed by atoms with Gasteiger partial charge in [0.25, 0.3) is 0 Å². The molecule has 1 fully saturated rings. The lowest BCUT2D eigenvalue weighted by molar-refractivity contribution is 0.122. The van der Waals surface area contributed by atoms with Gasteiger partial charge in [-0.3, -0.25) is 4.98 Å². The van der Waals surface area contributed by atoms with Crippen molar-refractivity contribution in [3.63, 3.8) is 0 Å². The molecule has 5 heteroatoms. The van der Waals surface area contributed by atoms with E-state index in [0.717, 1.165) is 0 Å². The SMILES string of the molecule is OCc1nccc(N2CCOCC2)c1F. The molecule has 0 radical (unpaired) electrons. The van der Waals surface area contributed by atoms with Gasteiger partial charge in [-0.1, -0.05) is 0 Å². The highest BCUT2D eigenvalue weighted by Crippen LogP contribution is 2.21. The zero-order valence-electron chi connectivity index (χ0n) is 8.32. The average Bonchev–Trinajstić information content (AvgIpc) is 2.30. The summed E-state index contributed by atoms with van der Waals surface area (Å²) in [6.45, 7) is 2.19. The highest BCUT2D eigenvalue weighted by molar-refractivity contribution is 5.48. The molecule has 0 aromatic carbocycles. The minimum absolute atomic E-state index is 0.0963. The van der Waals surface area contributed by atoms with Gasteiger partial charge in [-0.2, -0.15) is 0 Å². The standard InChI is InChI=1S/C10H13FN2O2/c11-10-8(7-14)12-2-1-9(10)13-3-5-15-6-4-13/h1-2,14H,3-7H2. The highest BCUT2D eigenvalue weighted by Gasteiger charge is 2.17. The fraction of sp³-hybridized carbons (Fsp3) is 0.500. The maximum absolute atomic E-state index is 13.8. The lowest BCUT2D eigenvalue weighted by Gasteiger charge is -2.29. The molecule has 1 aliphatic heterocycles. The predicted octanol–water partition coefficient (Wildman–Crippen LogP) is 0.550. The van der Waals surface area contributed by atoms with E-state index in [1.54, 1.807) is 6.07 Å². The van der Waals surface area contributed by atoms with Crippen LogP contribution in [0.3, 0.4) is 0 Å². The number of anilines is 1. The largest absolute Gasteiger partial charge is 0.390 e. The molecule has 1 aromatic heterocycles. The summed E-state index contributed by atoms with van der Waals surface area (Å²) in [5.74, 6) is -0.429. The minimum atomic E-state index is -0.429. The Kier molecular flexibility index (Phi) is 3.13. The quantitative estimate of drug-likeness (QED) is 0.777. The molecule has 0 spiro atoms. The molecule has 0 bridgehead atoms. The number of hydrogen-bond acceptors (Lipinski definition) is 4. The van der Waals surface area contributed by atoms with Crippen LogP contribution >= 0.6 is 0 Å². The summed E-state index contributed by atoms with van der Waals surface area (Å²) in [7, 11) is 0. The fourth-order valence-corrected chi connectivity index (χ4v) is 1.63. The number of aliphatic hydroxyl groups excluding tert-OH is 1. The van der Waals surface area contributed by atoms with Crippen molar-refractivity contribution >= 4 is 5.69 Å². The van der Waals surface area contributed by atoms with Gasteiger partial charge in [-0.05, 0) is 6.07 Å². The van der Waals surface area contributed by atoms with Crippen LogP contribution in [0.15, 0.2) is 12.3 Å². The Labute approximate surface area is 87.3 Å². The smallest absolute Gasteiger partial charge is 0.170 e. The van der Waals surface area contributed by atoms with Gasteiger partial charge in [0, 0.05) is 19.3 Å². The number of halogens is 1. The molecule has 0 aliphatic carbocycles. The normalized spacial score (nSPS) is 16.8. The van der Waals surface area contributed by atoms with Gasteiger partial charge in [0.15, 0.2) is 5.82 Å². The van der Waals surface area contributed by atoms with Crippen molar-refractivity contribution in [2.75, 3.05) is 31.2 Å². The number of rotatable bonds is 2. The molecule has 0 amide bonds. The lowest BCUT2D eigenvalue weighted by Crippen LogP contribution is -2.37. The van der Waals surface area contributed by atoms with Gasteiger partial charge in [-0.15, -0.1) is 0 Å². The molecular weight excluding hydrogens is 199 g/mol. The molecule has 0 saturated carbocycles. The number of ether oxygens (including phenoxy) is 1. The van der Waals surface area contributed by atoms with Gasteiger partial charge in [-0.25, -0.2) is 4.39 Å². The van der Waals surface area contributed by atoms with Crippen molar-refractivity contribution < 1.29 is 14.2 Å². The van der Waals surface area contributed by atoms with E-state index in [2.05, 4.69) is 4.98 Å². The Morgan fingerprint density at radius 2 is 2.20 bits per heavy atom. The Morgan fingerprint density at radius 1 is 1.47 bits per heavy atom. The van der Waals surface area contributed by atoms with Crippen LogP contribution in [0.5, 0.6) is 0 Å². The maximum atomic E-state index is 13.8. The van der Waals surface area contributed by atoms with E-state index >= 15 is 0 Å². The number of aromatic nitrogens is 1. The molecule has 2 heterocycles. The van der Waals surface area contributed by atoms with Crippen molar-refractivity contribution in [2.24, 2.45) is 0 Å². The van der Waals surface area contributed by atoms with E-state index in [1.807, 2.05) is 4.90 Å². The van der Waals surface area contributed by atoms with Crippen molar-refractivity contribution in [2.45, 2.75) is 6.61 Å². The van der Waals surface area contributed by atoms with Crippen LogP contribution in [0, 0.1) is 5.82 Å². The van der Waals surface area contributed by atoms with E-state index in [4.69, 9.17) is 9.84 Å². The second kappa shape index (κ2) is 4.55. The Bertz CT molecular complexity index is 340. The molecule has 1 saturated heterocycles. The van der Waals surface area contributed by atoms with Gasteiger partial charge in [0.1, 0.15) is 5.69 Å². The van der Waals surface area contributed by atoms with Gasteiger partial charge in [0.2, 0.25) is 0 Å². The molecule has 0 atom stereocenters. The van der Waals surface area contributed by atoms with E-state index in [1.165, 1.54) is 6.20 Å². The summed E-state index contributed by atoms with van der Waals surface area (Å²) < 4.78 is 18.9. The Hall–Kier alpha value is -1.20. The molecule has 1 N–H and O–H groups in total. The first kappa shape index (κ1) is 10.3. The third kappa shape index (κ3) is 2.08. The Morgan fingerprint density at radius 3 is 2.87 bits per heavy atom. The molecular formula is C10H13FN2O2. The fourth-order valence-electron chi connectivity index (χ4n) is 1.63. The third-order valence-corrected chi connectivity index (χ3v) is 2.44. The van der Waals surface area contributed by atoms with E-state index < -0.39 is 5.82 Å². The number of aliphatic hydroxyl groups is 1. The zero-order valence-corrected chi connectivity index (χ0v) is 8.32. The van der Waals surface area contributed by atoms with Crippen LogP contribution in [-0.2, 0) is 11.3 Å². The Balaban J connectivity index is 2.26. The second-order valence-corrected chi connectivity index (χ2v) is 3.35. The van der Waals surface area contributed by atoms with Crippen molar-refractivity contribution in [3.8, 4) is 0 Å². The van der Waals surface area contributed by atoms with Crippen LogP contribution in [-0.4, -0.2) is 36.4 Å². The summed E-state index contributed by atoms with van der Waals surface area (Å²) in [5.41, 5.74) is 0.594. The average molecular weight is 212 g/mol. The summed E-state index contributed by atoms with van der Waals surface area (Å²) >= 11 is 0. The van der Waals surface area contributed by atoms with Crippen LogP contribution in [0.1, 0.15) is 5.69 Å². The molecule has 1 aromatic rings. The predicted molar refractivity (Wildman–Crippen MR) is 53.1 cm³/mol. The maximum Gasteiger partial charge on any atom is 0.170 e. The van der Waals surface area contributed by atoms with Crippen molar-refractivity contribution in [1.29, 1.82) is 0 Å². The third-order valence-electron chi connectivity index (χ3n) is 2.44. The summed E-state index contributed by atoms with van der Waals surface area (Å²) in [5, 5.41) is 8.90. The number of nitrogens with zero attached hydrogens (tertiary/aromatic N) is 2.